The lowest BCUT2D eigenvalue weighted by Gasteiger charge is -2.53. The number of rotatable bonds is 1. The molecule has 1 unspecified atom stereocenters. The van der Waals surface area contributed by atoms with E-state index in [4.69, 9.17) is 4.74 Å². The van der Waals surface area contributed by atoms with Crippen LogP contribution in [0.2, 0.25) is 0 Å². The monoisotopic (exact) mass is 420 g/mol. The fraction of sp³-hybridized carbons (Fsp3) is 0.600. The zero-order valence-electron chi connectivity index (χ0n) is 15.7. The second-order valence-corrected chi connectivity index (χ2v) is 9.29. The number of benzene rings is 1. The zero-order chi connectivity index (χ0) is 18.9. The van der Waals surface area contributed by atoms with E-state index in [1.54, 1.807) is 14.2 Å². The van der Waals surface area contributed by atoms with Crippen LogP contribution in [0.1, 0.15) is 50.7 Å². The smallest absolute Gasteiger partial charge is 0.325 e. The zero-order valence-corrected chi connectivity index (χ0v) is 17.3. The number of amides is 3. The van der Waals surface area contributed by atoms with Gasteiger partial charge in [0.2, 0.25) is 0 Å². The maximum absolute atomic E-state index is 13.5. The van der Waals surface area contributed by atoms with Crippen LogP contribution in [0.4, 0.5) is 4.79 Å². The summed E-state index contributed by atoms with van der Waals surface area (Å²) in [6.07, 6.45) is 3.68. The maximum Gasteiger partial charge on any atom is 0.325 e. The van der Waals surface area contributed by atoms with E-state index in [1.165, 1.54) is 4.90 Å². The fourth-order valence-corrected chi connectivity index (χ4v) is 6.19. The van der Waals surface area contributed by atoms with Gasteiger partial charge in [0.05, 0.1) is 6.10 Å². The Bertz CT molecular complexity index is 798. The molecule has 3 amide bonds. The summed E-state index contributed by atoms with van der Waals surface area (Å²) < 4.78 is 6.51. The molecule has 3 aliphatic rings. The molecular weight excluding hydrogens is 396 g/mol. The van der Waals surface area contributed by atoms with E-state index in [0.29, 0.717) is 0 Å². The Hall–Kier alpha value is -1.40. The number of carbonyl (C=O) groups is 2. The number of hydrogen-bond acceptors (Lipinski definition) is 3. The van der Waals surface area contributed by atoms with Gasteiger partial charge in [-0.3, -0.25) is 9.69 Å². The first-order chi connectivity index (χ1) is 12.2. The molecule has 4 rings (SSSR count). The van der Waals surface area contributed by atoms with Gasteiger partial charge in [0.25, 0.3) is 5.91 Å². The highest BCUT2D eigenvalue weighted by molar-refractivity contribution is 9.10. The Labute approximate surface area is 162 Å². The topological polar surface area (TPSA) is 58.6 Å². The van der Waals surface area contributed by atoms with Gasteiger partial charge in [-0.2, -0.15) is 0 Å². The van der Waals surface area contributed by atoms with Crippen molar-refractivity contribution in [3.05, 3.63) is 33.8 Å². The highest BCUT2D eigenvalue weighted by atomic mass is 79.9. The van der Waals surface area contributed by atoms with E-state index in [0.717, 1.165) is 41.3 Å². The van der Waals surface area contributed by atoms with E-state index in [1.807, 2.05) is 12.1 Å². The lowest BCUT2D eigenvalue weighted by molar-refractivity contribution is -0.141. The van der Waals surface area contributed by atoms with Crippen LogP contribution in [-0.4, -0.2) is 37.1 Å². The molecule has 1 saturated heterocycles. The minimum atomic E-state index is -1.000. The molecule has 1 atom stereocenters. The fourth-order valence-electron chi connectivity index (χ4n) is 5.82. The van der Waals surface area contributed by atoms with E-state index in [9.17, 15) is 9.59 Å². The molecule has 6 heteroatoms. The standard InChI is InChI=1S/C20H25BrN2O3/c1-18(2)14-6-5-12(21)11-15(14)20(16(24)23(3)17(25)22-20)19(18)9-7-13(26-4)8-10-19/h5-6,11,13H,7-10H2,1-4H3,(H,22,25). The molecule has 1 heterocycles. The highest BCUT2D eigenvalue weighted by Gasteiger charge is 2.73. The van der Waals surface area contributed by atoms with Gasteiger partial charge in [0, 0.05) is 24.0 Å². The van der Waals surface area contributed by atoms with Crippen LogP contribution in [0, 0.1) is 5.41 Å². The van der Waals surface area contributed by atoms with Crippen LogP contribution in [-0.2, 0) is 20.5 Å². The van der Waals surface area contributed by atoms with Crippen molar-refractivity contribution < 1.29 is 14.3 Å². The van der Waals surface area contributed by atoms with Crippen LogP contribution in [0.25, 0.3) is 0 Å². The third-order valence-electron chi connectivity index (χ3n) is 7.32. The number of hydrogen-bond donors (Lipinski definition) is 1. The first kappa shape index (κ1) is 18.0. The number of methoxy groups -OCH3 is 1. The third kappa shape index (κ3) is 1.89. The lowest BCUT2D eigenvalue weighted by Crippen LogP contribution is -2.61. The minimum absolute atomic E-state index is 0.136. The minimum Gasteiger partial charge on any atom is -0.381 e. The number of nitrogens with one attached hydrogen (secondary N) is 1. The number of fused-ring (bicyclic) bond motifs is 3. The molecular formula is C20H25BrN2O3. The van der Waals surface area contributed by atoms with Crippen molar-refractivity contribution in [2.75, 3.05) is 14.2 Å². The number of halogens is 1. The molecule has 1 aromatic rings. The van der Waals surface area contributed by atoms with Crippen LogP contribution in [0.3, 0.4) is 0 Å². The third-order valence-corrected chi connectivity index (χ3v) is 7.81. The molecule has 1 N–H and O–H groups in total. The van der Waals surface area contributed by atoms with Gasteiger partial charge in [-0.05, 0) is 54.4 Å². The van der Waals surface area contributed by atoms with Gasteiger partial charge in [0.15, 0.2) is 5.54 Å². The Morgan fingerprint density at radius 2 is 1.85 bits per heavy atom. The van der Waals surface area contributed by atoms with Crippen LogP contribution >= 0.6 is 15.9 Å². The Kier molecular flexibility index (Phi) is 3.84. The highest BCUT2D eigenvalue weighted by Crippen LogP contribution is 2.68. The van der Waals surface area contributed by atoms with Gasteiger partial charge < -0.3 is 10.1 Å². The number of urea groups is 1. The van der Waals surface area contributed by atoms with Crippen molar-refractivity contribution in [3.8, 4) is 0 Å². The lowest BCUT2D eigenvalue weighted by atomic mass is 9.52. The summed E-state index contributed by atoms with van der Waals surface area (Å²) in [5.74, 6) is -0.136. The van der Waals surface area contributed by atoms with Crippen molar-refractivity contribution in [2.45, 2.75) is 56.6 Å². The summed E-state index contributed by atoms with van der Waals surface area (Å²) in [6.45, 7) is 4.44. The summed E-state index contributed by atoms with van der Waals surface area (Å²) in [4.78, 5) is 27.3. The van der Waals surface area contributed by atoms with E-state index in [-0.39, 0.29) is 28.9 Å². The summed E-state index contributed by atoms with van der Waals surface area (Å²) in [6, 6.07) is 5.84. The van der Waals surface area contributed by atoms with Crippen LogP contribution in [0.15, 0.2) is 22.7 Å². The van der Waals surface area contributed by atoms with Crippen molar-refractivity contribution in [2.24, 2.45) is 5.41 Å². The molecule has 1 aromatic carbocycles. The van der Waals surface area contributed by atoms with Crippen molar-refractivity contribution in [3.63, 3.8) is 0 Å². The van der Waals surface area contributed by atoms with Crippen molar-refractivity contribution >= 4 is 27.9 Å². The molecule has 1 saturated carbocycles. The Morgan fingerprint density at radius 3 is 2.38 bits per heavy atom. The van der Waals surface area contributed by atoms with Crippen LogP contribution in [0.5, 0.6) is 0 Å². The molecule has 2 fully saturated rings. The average Bonchev–Trinajstić information content (AvgIpc) is 2.93. The summed E-state index contributed by atoms with van der Waals surface area (Å²) in [7, 11) is 3.32. The quantitative estimate of drug-likeness (QED) is 0.704. The first-order valence-electron chi connectivity index (χ1n) is 9.15. The van der Waals surface area contributed by atoms with Crippen LogP contribution < -0.4 is 5.32 Å². The summed E-state index contributed by atoms with van der Waals surface area (Å²) >= 11 is 3.56. The SMILES string of the molecule is COC1CCC2(CC1)C(C)(C)c1ccc(Br)cc1C21NC(=O)N(C)C1=O. The van der Waals surface area contributed by atoms with E-state index < -0.39 is 5.54 Å². The number of nitrogens with zero attached hydrogens (tertiary/aromatic N) is 1. The van der Waals surface area contributed by atoms with Gasteiger partial charge >= 0.3 is 6.03 Å². The van der Waals surface area contributed by atoms with Gasteiger partial charge in [-0.25, -0.2) is 4.79 Å². The molecule has 140 valence electrons. The number of likely N-dealkylation sites (N-methyl/N-ethyl adjacent to an activating group) is 1. The predicted octanol–water partition coefficient (Wildman–Crippen LogP) is 3.69. The second kappa shape index (κ2) is 5.55. The summed E-state index contributed by atoms with van der Waals surface area (Å²) in [5.41, 5.74) is 0.488. The Morgan fingerprint density at radius 1 is 1.19 bits per heavy atom. The van der Waals surface area contributed by atoms with Crippen molar-refractivity contribution in [1.29, 1.82) is 0 Å². The largest absolute Gasteiger partial charge is 0.381 e. The molecule has 2 aliphatic carbocycles. The number of imide groups is 1. The second-order valence-electron chi connectivity index (χ2n) is 8.38. The number of ether oxygens (including phenoxy) is 1. The van der Waals surface area contributed by atoms with E-state index >= 15 is 0 Å². The van der Waals surface area contributed by atoms with Gasteiger partial charge in [-0.15, -0.1) is 0 Å². The number of carbonyl (C=O) groups excluding carboxylic acids is 2. The normalized spacial score (nSPS) is 35.3. The molecule has 5 nitrogen and oxygen atoms in total. The molecule has 0 aromatic heterocycles. The first-order valence-corrected chi connectivity index (χ1v) is 9.94. The molecule has 0 radical (unpaired) electrons. The van der Waals surface area contributed by atoms with Crippen molar-refractivity contribution in [1.82, 2.24) is 10.2 Å². The van der Waals surface area contributed by atoms with Gasteiger partial charge in [0.1, 0.15) is 0 Å². The molecule has 1 aliphatic heterocycles. The maximum atomic E-state index is 13.5. The van der Waals surface area contributed by atoms with Gasteiger partial charge in [-0.1, -0.05) is 35.8 Å². The molecule has 26 heavy (non-hydrogen) atoms. The molecule has 0 bridgehead atoms. The average molecular weight is 421 g/mol. The van der Waals surface area contributed by atoms with E-state index in [2.05, 4.69) is 41.2 Å². The predicted molar refractivity (Wildman–Crippen MR) is 102 cm³/mol. The Balaban J connectivity index is 1.98. The molecule has 2 spiro atoms. The summed E-state index contributed by atoms with van der Waals surface area (Å²) in [5, 5.41) is 3.14.